The van der Waals surface area contributed by atoms with E-state index in [1.165, 1.54) is 0 Å². The zero-order chi connectivity index (χ0) is 16.8. The van der Waals surface area contributed by atoms with Crippen molar-refractivity contribution in [3.63, 3.8) is 0 Å². The summed E-state index contributed by atoms with van der Waals surface area (Å²) in [4.78, 5) is 16.0. The first-order valence-electron chi connectivity index (χ1n) is 7.17. The first kappa shape index (κ1) is 19.4. The molecule has 7 heteroatoms. The first-order chi connectivity index (χ1) is 10.2. The van der Waals surface area contributed by atoms with Gasteiger partial charge in [-0.15, -0.1) is 0 Å². The maximum atomic E-state index is 11.6. The third-order valence-corrected chi connectivity index (χ3v) is 3.81. The summed E-state index contributed by atoms with van der Waals surface area (Å²) in [6.07, 6.45) is 2.21. The highest BCUT2D eigenvalue weighted by Gasteiger charge is 2.17. The highest BCUT2D eigenvalue weighted by molar-refractivity contribution is 9.11. The number of halogens is 2. The first-order valence-corrected chi connectivity index (χ1v) is 8.76. The molecule has 0 bridgehead atoms. The SMILES string of the molecule is CC(CCNCc1ncc(Br)cc1Br)NC(=O)OC(C)(C)C. The van der Waals surface area contributed by atoms with Crippen LogP contribution in [0.15, 0.2) is 21.2 Å². The fourth-order valence-electron chi connectivity index (χ4n) is 1.68. The lowest BCUT2D eigenvalue weighted by atomic mass is 10.2. The summed E-state index contributed by atoms with van der Waals surface area (Å²) < 4.78 is 7.13. The van der Waals surface area contributed by atoms with Crippen molar-refractivity contribution < 1.29 is 9.53 Å². The number of pyridine rings is 1. The molecule has 5 nitrogen and oxygen atoms in total. The van der Waals surface area contributed by atoms with Crippen LogP contribution in [0.25, 0.3) is 0 Å². The summed E-state index contributed by atoms with van der Waals surface area (Å²) in [5, 5.41) is 6.14. The van der Waals surface area contributed by atoms with Crippen molar-refractivity contribution in [2.24, 2.45) is 0 Å². The molecule has 0 saturated heterocycles. The second-order valence-corrected chi connectivity index (χ2v) is 7.86. The average molecular weight is 437 g/mol. The summed E-state index contributed by atoms with van der Waals surface area (Å²) >= 11 is 6.86. The van der Waals surface area contributed by atoms with Crippen LogP contribution in [0.5, 0.6) is 0 Å². The van der Waals surface area contributed by atoms with Gasteiger partial charge in [0, 0.05) is 27.7 Å². The molecule has 0 fully saturated rings. The molecule has 0 aromatic carbocycles. The Bertz CT molecular complexity index is 504. The highest BCUT2D eigenvalue weighted by Crippen LogP contribution is 2.19. The molecule has 0 radical (unpaired) electrons. The lowest BCUT2D eigenvalue weighted by molar-refractivity contribution is 0.0506. The molecule has 0 saturated carbocycles. The number of ether oxygens (including phenoxy) is 1. The lowest BCUT2D eigenvalue weighted by Gasteiger charge is -2.22. The van der Waals surface area contributed by atoms with Gasteiger partial charge >= 0.3 is 6.09 Å². The molecule has 1 atom stereocenters. The van der Waals surface area contributed by atoms with E-state index in [0.717, 1.165) is 27.6 Å². The Morgan fingerprint density at radius 2 is 2.09 bits per heavy atom. The zero-order valence-electron chi connectivity index (χ0n) is 13.4. The number of amides is 1. The number of hydrogen-bond donors (Lipinski definition) is 2. The summed E-state index contributed by atoms with van der Waals surface area (Å²) in [7, 11) is 0. The van der Waals surface area contributed by atoms with Crippen LogP contribution in [0.4, 0.5) is 4.79 Å². The molecule has 1 amide bonds. The Hall–Kier alpha value is -0.660. The van der Waals surface area contributed by atoms with Crippen molar-refractivity contribution in [3.05, 3.63) is 26.9 Å². The summed E-state index contributed by atoms with van der Waals surface area (Å²) in [6, 6.07) is 2.01. The average Bonchev–Trinajstić information content (AvgIpc) is 2.34. The second-order valence-electron chi connectivity index (χ2n) is 6.09. The Kier molecular flexibility index (Phi) is 7.79. The van der Waals surface area contributed by atoms with Gasteiger partial charge in [0.15, 0.2) is 0 Å². The van der Waals surface area contributed by atoms with Gasteiger partial charge in [-0.3, -0.25) is 4.98 Å². The van der Waals surface area contributed by atoms with E-state index in [1.54, 1.807) is 6.20 Å². The quantitative estimate of drug-likeness (QED) is 0.661. The van der Waals surface area contributed by atoms with Crippen LogP contribution in [0.1, 0.15) is 39.8 Å². The van der Waals surface area contributed by atoms with Crippen molar-refractivity contribution in [3.8, 4) is 0 Å². The molecule has 0 spiro atoms. The molecule has 1 heterocycles. The van der Waals surface area contributed by atoms with Gasteiger partial charge in [0.2, 0.25) is 0 Å². The molecule has 1 rings (SSSR count). The molecular weight excluding hydrogens is 414 g/mol. The van der Waals surface area contributed by atoms with E-state index in [9.17, 15) is 4.79 Å². The Balaban J connectivity index is 2.25. The monoisotopic (exact) mass is 435 g/mol. The Morgan fingerprint density at radius 1 is 1.41 bits per heavy atom. The molecule has 124 valence electrons. The fourth-order valence-corrected chi connectivity index (χ4v) is 2.81. The number of nitrogens with zero attached hydrogens (tertiary/aromatic N) is 1. The van der Waals surface area contributed by atoms with E-state index in [1.807, 2.05) is 33.8 Å². The normalized spacial score (nSPS) is 12.8. The molecule has 1 aromatic heterocycles. The van der Waals surface area contributed by atoms with Gasteiger partial charge in [-0.1, -0.05) is 0 Å². The number of nitrogens with one attached hydrogen (secondary N) is 2. The smallest absolute Gasteiger partial charge is 0.407 e. The molecule has 22 heavy (non-hydrogen) atoms. The van der Waals surface area contributed by atoms with E-state index < -0.39 is 5.60 Å². The fraction of sp³-hybridized carbons (Fsp3) is 0.600. The van der Waals surface area contributed by atoms with Gasteiger partial charge in [0.05, 0.1) is 5.69 Å². The van der Waals surface area contributed by atoms with E-state index >= 15 is 0 Å². The van der Waals surface area contributed by atoms with Gasteiger partial charge in [-0.05, 0) is 78.6 Å². The van der Waals surface area contributed by atoms with Crippen molar-refractivity contribution >= 4 is 38.0 Å². The van der Waals surface area contributed by atoms with Crippen LogP contribution in [-0.2, 0) is 11.3 Å². The topological polar surface area (TPSA) is 63.2 Å². The Morgan fingerprint density at radius 3 is 2.68 bits per heavy atom. The lowest BCUT2D eigenvalue weighted by Crippen LogP contribution is -2.38. The van der Waals surface area contributed by atoms with Gasteiger partial charge in [-0.25, -0.2) is 4.79 Å². The minimum Gasteiger partial charge on any atom is -0.444 e. The van der Waals surface area contributed by atoms with Gasteiger partial charge in [-0.2, -0.15) is 0 Å². The van der Waals surface area contributed by atoms with Gasteiger partial charge in [0.1, 0.15) is 5.60 Å². The Labute approximate surface area is 148 Å². The highest BCUT2D eigenvalue weighted by atomic mass is 79.9. The third kappa shape index (κ3) is 8.10. The minimum atomic E-state index is -0.471. The summed E-state index contributed by atoms with van der Waals surface area (Å²) in [6.45, 7) is 8.96. The van der Waals surface area contributed by atoms with Crippen LogP contribution in [0, 0.1) is 0 Å². The summed E-state index contributed by atoms with van der Waals surface area (Å²) in [5.74, 6) is 0. The number of hydrogen-bond acceptors (Lipinski definition) is 4. The number of carbonyl (C=O) groups is 1. The van der Waals surface area contributed by atoms with Crippen LogP contribution >= 0.6 is 31.9 Å². The summed E-state index contributed by atoms with van der Waals surface area (Å²) in [5.41, 5.74) is 0.484. The minimum absolute atomic E-state index is 0.0451. The molecule has 2 N–H and O–H groups in total. The van der Waals surface area contributed by atoms with E-state index in [-0.39, 0.29) is 12.1 Å². The van der Waals surface area contributed by atoms with Crippen molar-refractivity contribution in [2.75, 3.05) is 6.54 Å². The largest absolute Gasteiger partial charge is 0.444 e. The van der Waals surface area contributed by atoms with Gasteiger partial charge < -0.3 is 15.4 Å². The maximum absolute atomic E-state index is 11.6. The standard InChI is InChI=1S/C15H23Br2N3O2/c1-10(20-14(21)22-15(2,3)4)5-6-18-9-13-12(17)7-11(16)8-19-13/h7-8,10,18H,5-6,9H2,1-4H3,(H,20,21). The molecule has 1 unspecified atom stereocenters. The van der Waals surface area contributed by atoms with Crippen LogP contribution in [-0.4, -0.2) is 29.3 Å². The van der Waals surface area contributed by atoms with Crippen LogP contribution in [0.2, 0.25) is 0 Å². The predicted molar refractivity (Wildman–Crippen MR) is 94.8 cm³/mol. The second kappa shape index (κ2) is 8.84. The van der Waals surface area contributed by atoms with E-state index in [2.05, 4.69) is 47.5 Å². The zero-order valence-corrected chi connectivity index (χ0v) is 16.5. The third-order valence-electron chi connectivity index (χ3n) is 2.69. The van der Waals surface area contributed by atoms with E-state index in [4.69, 9.17) is 4.74 Å². The molecule has 0 aliphatic carbocycles. The van der Waals surface area contributed by atoms with Crippen molar-refractivity contribution in [2.45, 2.75) is 52.3 Å². The predicted octanol–water partition coefficient (Wildman–Crippen LogP) is 4.00. The van der Waals surface area contributed by atoms with Gasteiger partial charge in [0.25, 0.3) is 0 Å². The molecule has 0 aliphatic rings. The maximum Gasteiger partial charge on any atom is 0.407 e. The molecule has 0 aliphatic heterocycles. The van der Waals surface area contributed by atoms with E-state index in [0.29, 0.717) is 6.54 Å². The molecule has 1 aromatic rings. The van der Waals surface area contributed by atoms with Crippen molar-refractivity contribution in [1.29, 1.82) is 0 Å². The molecular formula is C15H23Br2N3O2. The number of carbonyl (C=O) groups excluding carboxylic acids is 1. The number of alkyl carbamates (subject to hydrolysis) is 1. The number of rotatable bonds is 6. The number of aromatic nitrogens is 1. The van der Waals surface area contributed by atoms with Crippen molar-refractivity contribution in [1.82, 2.24) is 15.6 Å². The van der Waals surface area contributed by atoms with Crippen LogP contribution < -0.4 is 10.6 Å². The van der Waals surface area contributed by atoms with Crippen LogP contribution in [0.3, 0.4) is 0 Å².